The molecule has 3 rings (SSSR count). The van der Waals surface area contributed by atoms with E-state index < -0.39 is 0 Å². The van der Waals surface area contributed by atoms with Crippen molar-refractivity contribution in [3.05, 3.63) is 29.8 Å². The molecule has 0 N–H and O–H groups in total. The molecule has 2 saturated heterocycles. The fourth-order valence-corrected chi connectivity index (χ4v) is 3.82. The first kappa shape index (κ1) is 15.3. The standard InChI is InChI=1S/C18H26N2O2/c1-19-11-6-5-8-16(19)18(21)20-12-10-14(13-20)15-7-3-4-9-17(15)22-2/h3-4,7,9,14,16H,5-6,8,10-13H2,1-2H3/t14?,16-/m0/s1. The van der Waals surface area contributed by atoms with Crippen molar-refractivity contribution < 1.29 is 9.53 Å². The molecule has 0 radical (unpaired) electrons. The lowest BCUT2D eigenvalue weighted by Crippen LogP contribution is -2.48. The average molecular weight is 302 g/mol. The molecule has 0 spiro atoms. The monoisotopic (exact) mass is 302 g/mol. The van der Waals surface area contributed by atoms with Crippen LogP contribution < -0.4 is 4.74 Å². The van der Waals surface area contributed by atoms with E-state index in [9.17, 15) is 4.79 Å². The molecule has 1 amide bonds. The van der Waals surface area contributed by atoms with Crippen LogP contribution in [-0.2, 0) is 4.79 Å². The number of likely N-dealkylation sites (tertiary alicyclic amines) is 2. The third kappa shape index (κ3) is 2.98. The summed E-state index contributed by atoms with van der Waals surface area (Å²) in [4.78, 5) is 17.1. The number of ether oxygens (including phenoxy) is 1. The van der Waals surface area contributed by atoms with E-state index in [4.69, 9.17) is 4.74 Å². The second-order valence-electron chi connectivity index (χ2n) is 6.50. The second kappa shape index (κ2) is 6.69. The highest BCUT2D eigenvalue weighted by molar-refractivity contribution is 5.82. The van der Waals surface area contributed by atoms with Gasteiger partial charge >= 0.3 is 0 Å². The van der Waals surface area contributed by atoms with Gasteiger partial charge in [-0.05, 0) is 44.5 Å². The van der Waals surface area contributed by atoms with E-state index in [2.05, 4.69) is 29.0 Å². The number of piperidine rings is 1. The van der Waals surface area contributed by atoms with E-state index in [0.717, 1.165) is 38.2 Å². The molecule has 2 fully saturated rings. The quantitative estimate of drug-likeness (QED) is 0.860. The molecule has 2 aliphatic heterocycles. The molecular weight excluding hydrogens is 276 g/mol. The van der Waals surface area contributed by atoms with E-state index in [1.807, 2.05) is 12.1 Å². The molecule has 4 heteroatoms. The van der Waals surface area contributed by atoms with Gasteiger partial charge in [-0.25, -0.2) is 0 Å². The lowest BCUT2D eigenvalue weighted by Gasteiger charge is -2.34. The van der Waals surface area contributed by atoms with Gasteiger partial charge in [0, 0.05) is 19.0 Å². The number of benzene rings is 1. The lowest BCUT2D eigenvalue weighted by atomic mass is 9.97. The van der Waals surface area contributed by atoms with Crippen LogP contribution in [0.2, 0.25) is 0 Å². The fraction of sp³-hybridized carbons (Fsp3) is 0.611. The van der Waals surface area contributed by atoms with Gasteiger partial charge in [0.05, 0.1) is 13.2 Å². The van der Waals surface area contributed by atoms with Crippen LogP contribution in [-0.4, -0.2) is 55.5 Å². The largest absolute Gasteiger partial charge is 0.496 e. The van der Waals surface area contributed by atoms with Crippen molar-refractivity contribution in [1.29, 1.82) is 0 Å². The first-order valence-corrected chi connectivity index (χ1v) is 8.32. The third-order valence-electron chi connectivity index (χ3n) is 5.13. The summed E-state index contributed by atoms with van der Waals surface area (Å²) in [6.45, 7) is 2.73. The maximum absolute atomic E-state index is 12.8. The van der Waals surface area contributed by atoms with Crippen LogP contribution in [0.5, 0.6) is 5.75 Å². The number of carbonyl (C=O) groups is 1. The Bertz CT molecular complexity index is 532. The normalized spacial score (nSPS) is 26.2. The van der Waals surface area contributed by atoms with Crippen LogP contribution >= 0.6 is 0 Å². The van der Waals surface area contributed by atoms with Crippen LogP contribution in [0.3, 0.4) is 0 Å². The molecule has 0 saturated carbocycles. The van der Waals surface area contributed by atoms with Crippen molar-refractivity contribution in [3.8, 4) is 5.75 Å². The van der Waals surface area contributed by atoms with Crippen LogP contribution in [0.25, 0.3) is 0 Å². The molecule has 120 valence electrons. The predicted molar refractivity (Wildman–Crippen MR) is 87.2 cm³/mol. The summed E-state index contributed by atoms with van der Waals surface area (Å²) in [5.41, 5.74) is 1.23. The second-order valence-corrected chi connectivity index (χ2v) is 6.50. The zero-order valence-corrected chi connectivity index (χ0v) is 13.6. The summed E-state index contributed by atoms with van der Waals surface area (Å²) in [5.74, 6) is 1.66. The molecule has 1 unspecified atom stereocenters. The van der Waals surface area contributed by atoms with Crippen molar-refractivity contribution in [2.45, 2.75) is 37.6 Å². The Kier molecular flexibility index (Phi) is 4.67. The number of methoxy groups -OCH3 is 1. The van der Waals surface area contributed by atoms with Gasteiger partial charge in [0.1, 0.15) is 5.75 Å². The zero-order valence-electron chi connectivity index (χ0n) is 13.6. The van der Waals surface area contributed by atoms with Gasteiger partial charge in [0.2, 0.25) is 5.91 Å². The summed E-state index contributed by atoms with van der Waals surface area (Å²) >= 11 is 0. The molecule has 2 heterocycles. The Morgan fingerprint density at radius 3 is 2.77 bits per heavy atom. The summed E-state index contributed by atoms with van der Waals surface area (Å²) in [6.07, 6.45) is 4.42. The Morgan fingerprint density at radius 1 is 1.18 bits per heavy atom. The third-order valence-corrected chi connectivity index (χ3v) is 5.13. The van der Waals surface area contributed by atoms with Crippen molar-refractivity contribution in [2.75, 3.05) is 33.8 Å². The Balaban J connectivity index is 1.68. The minimum absolute atomic E-state index is 0.0881. The molecule has 4 nitrogen and oxygen atoms in total. The van der Waals surface area contributed by atoms with E-state index in [0.29, 0.717) is 11.8 Å². The number of rotatable bonds is 3. The minimum atomic E-state index is 0.0881. The van der Waals surface area contributed by atoms with Crippen molar-refractivity contribution in [1.82, 2.24) is 9.80 Å². The summed E-state index contributed by atoms with van der Waals surface area (Å²) in [7, 11) is 3.79. The number of hydrogen-bond donors (Lipinski definition) is 0. The van der Waals surface area contributed by atoms with Gasteiger partial charge in [-0.2, -0.15) is 0 Å². The SMILES string of the molecule is COc1ccccc1C1CCN(C(=O)[C@@H]2CCCCN2C)C1. The Labute approximate surface area is 133 Å². The van der Waals surface area contributed by atoms with Crippen molar-refractivity contribution in [3.63, 3.8) is 0 Å². The molecular formula is C18H26N2O2. The highest BCUT2D eigenvalue weighted by Gasteiger charge is 2.34. The van der Waals surface area contributed by atoms with E-state index in [1.54, 1.807) is 7.11 Å². The molecule has 2 aliphatic rings. The van der Waals surface area contributed by atoms with Gasteiger partial charge in [0.15, 0.2) is 0 Å². The first-order chi connectivity index (χ1) is 10.7. The Morgan fingerprint density at radius 2 is 2.00 bits per heavy atom. The number of likely N-dealkylation sites (N-methyl/N-ethyl adjacent to an activating group) is 1. The number of nitrogens with zero attached hydrogens (tertiary/aromatic N) is 2. The molecule has 2 atom stereocenters. The average Bonchev–Trinajstić information content (AvgIpc) is 3.04. The minimum Gasteiger partial charge on any atom is -0.496 e. The fourth-order valence-electron chi connectivity index (χ4n) is 3.82. The van der Waals surface area contributed by atoms with Crippen LogP contribution in [0, 0.1) is 0 Å². The highest BCUT2D eigenvalue weighted by Crippen LogP contribution is 2.34. The van der Waals surface area contributed by atoms with E-state index in [1.165, 1.54) is 18.4 Å². The van der Waals surface area contributed by atoms with Crippen LogP contribution in [0.4, 0.5) is 0 Å². The molecule has 1 aromatic rings. The smallest absolute Gasteiger partial charge is 0.239 e. The highest BCUT2D eigenvalue weighted by atomic mass is 16.5. The van der Waals surface area contributed by atoms with Crippen molar-refractivity contribution >= 4 is 5.91 Å². The van der Waals surface area contributed by atoms with Gasteiger partial charge in [0.25, 0.3) is 0 Å². The van der Waals surface area contributed by atoms with Gasteiger partial charge in [-0.3, -0.25) is 9.69 Å². The lowest BCUT2D eigenvalue weighted by molar-refractivity contribution is -0.136. The zero-order chi connectivity index (χ0) is 15.5. The van der Waals surface area contributed by atoms with Crippen molar-refractivity contribution in [2.24, 2.45) is 0 Å². The molecule has 1 aromatic carbocycles. The van der Waals surface area contributed by atoms with Gasteiger partial charge in [-0.1, -0.05) is 24.6 Å². The Hall–Kier alpha value is -1.55. The molecule has 22 heavy (non-hydrogen) atoms. The van der Waals surface area contributed by atoms with Crippen LogP contribution in [0.15, 0.2) is 24.3 Å². The van der Waals surface area contributed by atoms with Crippen LogP contribution in [0.1, 0.15) is 37.2 Å². The number of para-hydroxylation sites is 1. The summed E-state index contributed by atoms with van der Waals surface area (Å²) in [6, 6.07) is 8.28. The van der Waals surface area contributed by atoms with E-state index >= 15 is 0 Å². The van der Waals surface area contributed by atoms with Gasteiger partial charge in [-0.15, -0.1) is 0 Å². The van der Waals surface area contributed by atoms with E-state index in [-0.39, 0.29) is 6.04 Å². The number of amides is 1. The molecule has 0 bridgehead atoms. The predicted octanol–water partition coefficient (Wildman–Crippen LogP) is 2.50. The maximum Gasteiger partial charge on any atom is 0.239 e. The topological polar surface area (TPSA) is 32.8 Å². The first-order valence-electron chi connectivity index (χ1n) is 8.32. The summed E-state index contributed by atoms with van der Waals surface area (Å²) < 4.78 is 5.48. The maximum atomic E-state index is 12.8. The number of carbonyl (C=O) groups excluding carboxylic acids is 1. The summed E-state index contributed by atoms with van der Waals surface area (Å²) in [5, 5.41) is 0. The van der Waals surface area contributed by atoms with Gasteiger partial charge < -0.3 is 9.64 Å². The number of hydrogen-bond acceptors (Lipinski definition) is 3. The molecule has 0 aliphatic carbocycles. The molecule has 0 aromatic heterocycles.